The number of hydrogen-bond donors (Lipinski definition) is 0. The lowest BCUT2D eigenvalue weighted by Crippen LogP contribution is -2.50. The monoisotopic (exact) mass is 545 g/mol. The fourth-order valence-electron chi connectivity index (χ4n) is 4.54. The van der Waals surface area contributed by atoms with Gasteiger partial charge in [0.25, 0.3) is 5.91 Å². The molecular formula is C27H26Cl3N3O3. The SMILES string of the molecule is CCOC(=O)c1ccc(N2CC[C@@H](N(C)C(=O)c3ccc(Cl)cc3)[C@H](c3ccc(Cl)c(Cl)c3)C2)nc1. The Morgan fingerprint density at radius 3 is 2.39 bits per heavy atom. The first kappa shape index (κ1) is 26.3. The third-order valence-corrected chi connectivity index (χ3v) is 7.43. The second kappa shape index (κ2) is 11.5. The molecule has 4 rings (SSSR count). The van der Waals surface area contributed by atoms with Crippen LogP contribution in [0, 0.1) is 0 Å². The number of esters is 1. The number of ether oxygens (including phenoxy) is 1. The van der Waals surface area contributed by atoms with Crippen molar-refractivity contribution in [3.8, 4) is 0 Å². The summed E-state index contributed by atoms with van der Waals surface area (Å²) in [5.74, 6) is 0.220. The van der Waals surface area contributed by atoms with Gasteiger partial charge >= 0.3 is 5.97 Å². The fraction of sp³-hybridized carbons (Fsp3) is 0.296. The van der Waals surface area contributed by atoms with Crippen molar-refractivity contribution in [1.29, 1.82) is 0 Å². The van der Waals surface area contributed by atoms with Gasteiger partial charge in [-0.2, -0.15) is 0 Å². The van der Waals surface area contributed by atoms with Crippen LogP contribution >= 0.6 is 34.8 Å². The van der Waals surface area contributed by atoms with Crippen molar-refractivity contribution in [1.82, 2.24) is 9.88 Å². The van der Waals surface area contributed by atoms with E-state index in [1.54, 1.807) is 48.2 Å². The van der Waals surface area contributed by atoms with E-state index in [4.69, 9.17) is 39.5 Å². The Morgan fingerprint density at radius 1 is 1.03 bits per heavy atom. The number of carbonyl (C=O) groups excluding carboxylic acids is 2. The lowest BCUT2D eigenvalue weighted by atomic mass is 9.84. The number of nitrogens with zero attached hydrogens (tertiary/aromatic N) is 3. The molecular weight excluding hydrogens is 521 g/mol. The van der Waals surface area contributed by atoms with Gasteiger partial charge in [-0.05, 0) is 67.4 Å². The number of aromatic nitrogens is 1. The number of benzene rings is 2. The van der Waals surface area contributed by atoms with Crippen molar-refractivity contribution < 1.29 is 14.3 Å². The number of hydrogen-bond acceptors (Lipinski definition) is 5. The normalized spacial score (nSPS) is 17.5. The summed E-state index contributed by atoms with van der Waals surface area (Å²) in [5, 5.41) is 1.53. The Kier molecular flexibility index (Phi) is 8.39. The van der Waals surface area contributed by atoms with Gasteiger partial charge in [0.05, 0.1) is 22.2 Å². The molecule has 0 saturated carbocycles. The molecule has 36 heavy (non-hydrogen) atoms. The zero-order chi connectivity index (χ0) is 25.8. The first-order valence-electron chi connectivity index (χ1n) is 11.6. The summed E-state index contributed by atoms with van der Waals surface area (Å²) >= 11 is 18.6. The smallest absolute Gasteiger partial charge is 0.339 e. The number of rotatable bonds is 6. The first-order valence-corrected chi connectivity index (χ1v) is 12.8. The van der Waals surface area contributed by atoms with E-state index in [1.165, 1.54) is 6.20 Å². The highest BCUT2D eigenvalue weighted by Crippen LogP contribution is 2.35. The fourth-order valence-corrected chi connectivity index (χ4v) is 4.97. The number of likely N-dealkylation sites (N-methyl/N-ethyl adjacent to an activating group) is 1. The highest BCUT2D eigenvalue weighted by molar-refractivity contribution is 6.42. The third kappa shape index (κ3) is 5.77. The highest BCUT2D eigenvalue weighted by Gasteiger charge is 2.36. The Morgan fingerprint density at radius 2 is 1.75 bits per heavy atom. The average molecular weight is 547 g/mol. The maximum atomic E-state index is 13.3. The van der Waals surface area contributed by atoms with Crippen LogP contribution in [0.1, 0.15) is 45.5 Å². The van der Waals surface area contributed by atoms with E-state index in [-0.39, 0.29) is 17.9 Å². The van der Waals surface area contributed by atoms with E-state index in [9.17, 15) is 9.59 Å². The molecule has 3 aromatic rings. The zero-order valence-corrected chi connectivity index (χ0v) is 22.2. The lowest BCUT2D eigenvalue weighted by Gasteiger charge is -2.43. The Hall–Kier alpha value is -2.80. The molecule has 6 nitrogen and oxygen atoms in total. The molecule has 0 N–H and O–H groups in total. The first-order chi connectivity index (χ1) is 17.3. The molecule has 0 aliphatic carbocycles. The van der Waals surface area contributed by atoms with Gasteiger partial charge in [-0.1, -0.05) is 40.9 Å². The van der Waals surface area contributed by atoms with Crippen molar-refractivity contribution in [2.75, 3.05) is 31.6 Å². The Labute approximate surface area is 225 Å². The predicted molar refractivity (Wildman–Crippen MR) is 144 cm³/mol. The number of pyridine rings is 1. The number of piperidine rings is 1. The predicted octanol–water partition coefficient (Wildman–Crippen LogP) is 6.35. The Bertz CT molecular complexity index is 1240. The second-order valence-electron chi connectivity index (χ2n) is 8.63. The highest BCUT2D eigenvalue weighted by atomic mass is 35.5. The van der Waals surface area contributed by atoms with Gasteiger partial charge in [0.2, 0.25) is 0 Å². The van der Waals surface area contributed by atoms with Crippen LogP contribution in [0.15, 0.2) is 60.8 Å². The topological polar surface area (TPSA) is 62.7 Å². The number of amides is 1. The van der Waals surface area contributed by atoms with Crippen molar-refractivity contribution in [2.24, 2.45) is 0 Å². The van der Waals surface area contributed by atoms with E-state index >= 15 is 0 Å². The van der Waals surface area contributed by atoms with Crippen LogP contribution in [0.2, 0.25) is 15.1 Å². The molecule has 1 saturated heterocycles. The number of halogens is 3. The molecule has 1 aliphatic rings. The van der Waals surface area contributed by atoms with Crippen LogP contribution in [-0.2, 0) is 4.74 Å². The van der Waals surface area contributed by atoms with Crippen LogP contribution in [0.5, 0.6) is 0 Å². The number of anilines is 1. The van der Waals surface area contributed by atoms with E-state index in [0.717, 1.165) is 11.4 Å². The van der Waals surface area contributed by atoms with Crippen LogP contribution in [0.4, 0.5) is 5.82 Å². The molecule has 2 atom stereocenters. The maximum Gasteiger partial charge on any atom is 0.339 e. The minimum absolute atomic E-state index is 0.0544. The van der Waals surface area contributed by atoms with Crippen LogP contribution in [-0.4, -0.2) is 54.5 Å². The maximum absolute atomic E-state index is 13.3. The summed E-state index contributed by atoms with van der Waals surface area (Å²) in [6.07, 6.45) is 2.24. The molecule has 0 spiro atoms. The molecule has 0 unspecified atom stereocenters. The van der Waals surface area contributed by atoms with Gasteiger partial charge in [0.1, 0.15) is 5.82 Å². The largest absolute Gasteiger partial charge is 0.462 e. The summed E-state index contributed by atoms with van der Waals surface area (Å²) in [6.45, 7) is 3.36. The molecule has 188 valence electrons. The van der Waals surface area contributed by atoms with Crippen LogP contribution in [0.3, 0.4) is 0 Å². The van der Waals surface area contributed by atoms with Gasteiger partial charge in [-0.3, -0.25) is 4.79 Å². The van der Waals surface area contributed by atoms with Crippen molar-refractivity contribution in [3.63, 3.8) is 0 Å². The van der Waals surface area contributed by atoms with Crippen LogP contribution < -0.4 is 4.90 Å². The van der Waals surface area contributed by atoms with Gasteiger partial charge in [-0.25, -0.2) is 9.78 Å². The minimum atomic E-state index is -0.397. The Balaban J connectivity index is 1.61. The molecule has 0 bridgehead atoms. The molecule has 0 radical (unpaired) electrons. The zero-order valence-electron chi connectivity index (χ0n) is 20.0. The van der Waals surface area contributed by atoms with Gasteiger partial charge in [-0.15, -0.1) is 0 Å². The summed E-state index contributed by atoms with van der Waals surface area (Å²) in [6, 6.07) is 16.0. The molecule has 1 amide bonds. The molecule has 9 heteroatoms. The molecule has 2 aromatic carbocycles. The standard InChI is InChI=1S/C27H26Cl3N3O3/c1-3-36-27(35)19-7-11-25(31-15-19)33-13-12-24(21(16-33)18-6-10-22(29)23(30)14-18)32(2)26(34)17-4-8-20(28)9-5-17/h4-11,14-15,21,24H,3,12-13,16H2,1-2H3/t21-,24+/m0/s1. The lowest BCUT2D eigenvalue weighted by molar-refractivity contribution is 0.0525. The van der Waals surface area contributed by atoms with Gasteiger partial charge in [0, 0.05) is 48.9 Å². The second-order valence-corrected chi connectivity index (χ2v) is 9.88. The minimum Gasteiger partial charge on any atom is -0.462 e. The van der Waals surface area contributed by atoms with Crippen molar-refractivity contribution >= 4 is 52.5 Å². The summed E-state index contributed by atoms with van der Waals surface area (Å²) in [5.41, 5.74) is 1.97. The van der Waals surface area contributed by atoms with Crippen LogP contribution in [0.25, 0.3) is 0 Å². The molecule has 1 aliphatic heterocycles. The summed E-state index contributed by atoms with van der Waals surface area (Å²) in [7, 11) is 1.83. The van der Waals surface area contributed by atoms with Crippen molar-refractivity contribution in [3.05, 3.63) is 92.6 Å². The average Bonchev–Trinajstić information content (AvgIpc) is 2.90. The summed E-state index contributed by atoms with van der Waals surface area (Å²) < 4.78 is 5.05. The molecule has 1 fully saturated rings. The summed E-state index contributed by atoms with van der Waals surface area (Å²) in [4.78, 5) is 33.8. The van der Waals surface area contributed by atoms with Crippen molar-refractivity contribution in [2.45, 2.75) is 25.3 Å². The molecule has 1 aromatic heterocycles. The number of carbonyl (C=O) groups is 2. The molecule has 2 heterocycles. The van der Waals surface area contributed by atoms with Gasteiger partial charge < -0.3 is 14.5 Å². The van der Waals surface area contributed by atoms with E-state index < -0.39 is 5.97 Å². The third-order valence-electron chi connectivity index (χ3n) is 6.44. The van der Waals surface area contributed by atoms with E-state index in [2.05, 4.69) is 9.88 Å². The van der Waals surface area contributed by atoms with E-state index in [1.807, 2.05) is 25.2 Å². The van der Waals surface area contributed by atoms with E-state index in [0.29, 0.717) is 52.3 Å². The van der Waals surface area contributed by atoms with Gasteiger partial charge in [0.15, 0.2) is 0 Å². The quantitative estimate of drug-likeness (QED) is 0.337.